The van der Waals surface area contributed by atoms with Gasteiger partial charge in [-0.15, -0.1) is 11.6 Å². The number of para-hydroxylation sites is 2. The van der Waals surface area contributed by atoms with Gasteiger partial charge < -0.3 is 10.1 Å². The molecule has 0 saturated heterocycles. The van der Waals surface area contributed by atoms with Gasteiger partial charge in [0, 0.05) is 0 Å². The summed E-state index contributed by atoms with van der Waals surface area (Å²) >= 11 is 6.28. The molecular weight excluding hydrogens is 298 g/mol. The Bertz CT molecular complexity index is 845. The number of aromatic nitrogens is 2. The number of hydrogen-bond acceptors (Lipinski definition) is 3. The molecule has 3 rings (SSSR count). The first kappa shape index (κ1) is 14.2. The molecule has 1 heterocycles. The number of H-pyrrole nitrogens is 1. The highest BCUT2D eigenvalue weighted by Gasteiger charge is 2.20. The van der Waals surface area contributed by atoms with Gasteiger partial charge in [-0.25, -0.2) is 4.98 Å². The zero-order chi connectivity index (χ0) is 15.5. The summed E-state index contributed by atoms with van der Waals surface area (Å²) in [7, 11) is 0. The molecule has 0 radical (unpaired) electrons. The van der Waals surface area contributed by atoms with Crippen molar-refractivity contribution in [2.24, 2.45) is 0 Å². The van der Waals surface area contributed by atoms with Crippen molar-refractivity contribution in [2.75, 3.05) is 0 Å². The van der Waals surface area contributed by atoms with E-state index in [9.17, 15) is 10.4 Å². The van der Waals surface area contributed by atoms with Crippen LogP contribution < -0.4 is 0 Å². The van der Waals surface area contributed by atoms with Crippen molar-refractivity contribution in [1.82, 2.24) is 9.97 Å². The number of imidazole rings is 1. The first-order valence-electron chi connectivity index (χ1n) is 6.68. The van der Waals surface area contributed by atoms with E-state index in [0.29, 0.717) is 11.4 Å². The molecule has 0 amide bonds. The van der Waals surface area contributed by atoms with Crippen LogP contribution in [0.4, 0.5) is 0 Å². The van der Waals surface area contributed by atoms with Crippen LogP contribution in [0.25, 0.3) is 16.6 Å². The van der Waals surface area contributed by atoms with E-state index in [-0.39, 0.29) is 11.3 Å². The van der Waals surface area contributed by atoms with Gasteiger partial charge in [0.05, 0.1) is 11.0 Å². The third-order valence-corrected chi connectivity index (χ3v) is 3.79. The van der Waals surface area contributed by atoms with Crippen molar-refractivity contribution in [1.29, 1.82) is 5.26 Å². The Morgan fingerprint density at radius 1 is 1.14 bits per heavy atom. The van der Waals surface area contributed by atoms with E-state index in [1.54, 1.807) is 12.1 Å². The second-order valence-electron chi connectivity index (χ2n) is 4.75. The largest absolute Gasteiger partial charge is 0.509 e. The van der Waals surface area contributed by atoms with E-state index < -0.39 is 5.38 Å². The maximum atomic E-state index is 10.4. The lowest BCUT2D eigenvalue weighted by Gasteiger charge is -2.10. The fraction of sp³-hybridized carbons (Fsp3) is 0.0588. The number of allylic oxidation sites excluding steroid dienone is 2. The van der Waals surface area contributed by atoms with Gasteiger partial charge in [-0.3, -0.25) is 0 Å². The van der Waals surface area contributed by atoms with Crippen LogP contribution in [0.1, 0.15) is 16.8 Å². The van der Waals surface area contributed by atoms with E-state index in [1.807, 2.05) is 48.5 Å². The highest BCUT2D eigenvalue weighted by Crippen LogP contribution is 2.31. The number of nitrogens with one attached hydrogen (secondary N) is 1. The van der Waals surface area contributed by atoms with Gasteiger partial charge in [-0.2, -0.15) is 5.26 Å². The average molecular weight is 310 g/mol. The molecule has 0 bridgehead atoms. The quantitative estimate of drug-likeness (QED) is 0.429. The summed E-state index contributed by atoms with van der Waals surface area (Å²) in [5.74, 6) is 0.0946. The van der Waals surface area contributed by atoms with Crippen molar-refractivity contribution < 1.29 is 5.11 Å². The van der Waals surface area contributed by atoms with Crippen LogP contribution in [0.3, 0.4) is 0 Å². The molecule has 5 heteroatoms. The maximum Gasteiger partial charge on any atom is 0.152 e. The zero-order valence-electron chi connectivity index (χ0n) is 11.5. The van der Waals surface area contributed by atoms with E-state index in [1.165, 1.54) is 0 Å². The lowest BCUT2D eigenvalue weighted by Crippen LogP contribution is -1.99. The van der Waals surface area contributed by atoms with Crippen molar-refractivity contribution in [2.45, 2.75) is 5.38 Å². The summed E-state index contributed by atoms with van der Waals surface area (Å²) in [6.45, 7) is 0. The number of benzene rings is 2. The third-order valence-electron chi connectivity index (χ3n) is 3.33. The molecule has 0 aliphatic carbocycles. The predicted octanol–water partition coefficient (Wildman–Crippen LogP) is 4.34. The van der Waals surface area contributed by atoms with Gasteiger partial charge in [-0.05, 0) is 17.7 Å². The first-order valence-corrected chi connectivity index (χ1v) is 7.11. The van der Waals surface area contributed by atoms with Crippen molar-refractivity contribution in [3.63, 3.8) is 0 Å². The summed E-state index contributed by atoms with van der Waals surface area (Å²) in [6, 6.07) is 18.5. The van der Waals surface area contributed by atoms with Gasteiger partial charge in [-0.1, -0.05) is 42.5 Å². The van der Waals surface area contributed by atoms with Crippen LogP contribution in [0.15, 0.2) is 60.4 Å². The molecule has 0 saturated carbocycles. The van der Waals surface area contributed by atoms with Gasteiger partial charge in [0.25, 0.3) is 0 Å². The second-order valence-corrected chi connectivity index (χ2v) is 5.18. The SMILES string of the molecule is N#CC(=C(O)[C@H](Cl)c1ccccc1)c1nc2ccccc2[nH]1. The highest BCUT2D eigenvalue weighted by atomic mass is 35.5. The summed E-state index contributed by atoms with van der Waals surface area (Å²) in [4.78, 5) is 7.35. The predicted molar refractivity (Wildman–Crippen MR) is 86.3 cm³/mol. The number of rotatable bonds is 3. The van der Waals surface area contributed by atoms with E-state index in [4.69, 9.17) is 11.6 Å². The molecule has 2 N–H and O–H groups in total. The fourth-order valence-corrected chi connectivity index (χ4v) is 2.46. The Hall–Kier alpha value is -2.77. The number of nitrogens with zero attached hydrogens (tertiary/aromatic N) is 2. The normalized spacial score (nSPS) is 13.5. The standard InChI is InChI=1S/C17H12ClN3O/c18-15(11-6-2-1-3-7-11)16(22)12(10-19)17-20-13-8-4-5-9-14(13)21-17/h1-9,15,22H,(H,20,21)/t15-/m1/s1. The molecule has 1 aromatic heterocycles. The minimum Gasteiger partial charge on any atom is -0.509 e. The summed E-state index contributed by atoms with van der Waals surface area (Å²) in [5.41, 5.74) is 2.28. The van der Waals surface area contributed by atoms with Crippen LogP contribution in [-0.2, 0) is 0 Å². The van der Waals surface area contributed by atoms with E-state index in [0.717, 1.165) is 11.0 Å². The Morgan fingerprint density at radius 2 is 1.82 bits per heavy atom. The summed E-state index contributed by atoms with van der Waals surface area (Å²) in [6.07, 6.45) is 0. The smallest absolute Gasteiger partial charge is 0.152 e. The lowest BCUT2D eigenvalue weighted by atomic mass is 10.1. The molecule has 3 aromatic rings. The lowest BCUT2D eigenvalue weighted by molar-refractivity contribution is 0.397. The van der Waals surface area contributed by atoms with Crippen molar-refractivity contribution >= 4 is 28.2 Å². The van der Waals surface area contributed by atoms with Crippen molar-refractivity contribution in [3.8, 4) is 6.07 Å². The van der Waals surface area contributed by atoms with Crippen LogP contribution >= 0.6 is 11.6 Å². The fourth-order valence-electron chi connectivity index (χ4n) is 2.21. The van der Waals surface area contributed by atoms with Gasteiger partial charge in [0.15, 0.2) is 5.82 Å². The van der Waals surface area contributed by atoms with Crippen LogP contribution in [0.2, 0.25) is 0 Å². The van der Waals surface area contributed by atoms with Gasteiger partial charge in [0.1, 0.15) is 22.8 Å². The molecule has 108 valence electrons. The Labute approximate surface area is 132 Å². The van der Waals surface area contributed by atoms with Gasteiger partial charge >= 0.3 is 0 Å². The van der Waals surface area contributed by atoms with Crippen LogP contribution in [0.5, 0.6) is 0 Å². The molecule has 0 aliphatic heterocycles. The molecule has 22 heavy (non-hydrogen) atoms. The number of hydrogen-bond donors (Lipinski definition) is 2. The number of halogens is 1. The maximum absolute atomic E-state index is 10.4. The molecule has 0 spiro atoms. The summed E-state index contributed by atoms with van der Waals surface area (Å²) in [5, 5.41) is 19.0. The molecule has 4 nitrogen and oxygen atoms in total. The first-order chi connectivity index (χ1) is 10.7. The average Bonchev–Trinajstić information content (AvgIpc) is 2.99. The molecule has 1 atom stereocenters. The van der Waals surface area contributed by atoms with E-state index >= 15 is 0 Å². The van der Waals surface area contributed by atoms with Crippen LogP contribution in [0, 0.1) is 11.3 Å². The number of aliphatic hydroxyl groups is 1. The molecule has 0 aliphatic rings. The monoisotopic (exact) mass is 309 g/mol. The number of alkyl halides is 1. The number of aromatic amines is 1. The Balaban J connectivity index is 2.07. The molecule has 0 unspecified atom stereocenters. The number of aliphatic hydroxyl groups excluding tert-OH is 1. The highest BCUT2D eigenvalue weighted by molar-refractivity contribution is 6.23. The van der Waals surface area contributed by atoms with Gasteiger partial charge in [0.2, 0.25) is 0 Å². The minimum absolute atomic E-state index is 0.0417. The topological polar surface area (TPSA) is 72.7 Å². The number of nitriles is 1. The van der Waals surface area contributed by atoms with Crippen LogP contribution in [-0.4, -0.2) is 15.1 Å². The molecular formula is C17H12ClN3O. The van der Waals surface area contributed by atoms with E-state index in [2.05, 4.69) is 9.97 Å². The third kappa shape index (κ3) is 2.54. The molecule has 2 aromatic carbocycles. The summed E-state index contributed by atoms with van der Waals surface area (Å²) < 4.78 is 0. The Morgan fingerprint density at radius 3 is 2.50 bits per heavy atom. The molecule has 0 fully saturated rings. The zero-order valence-corrected chi connectivity index (χ0v) is 12.2. The van der Waals surface area contributed by atoms with Crippen molar-refractivity contribution in [3.05, 3.63) is 71.7 Å². The number of fused-ring (bicyclic) bond motifs is 1. The second kappa shape index (κ2) is 5.92. The Kier molecular flexibility index (Phi) is 3.82. The minimum atomic E-state index is -0.802.